The van der Waals surface area contributed by atoms with Crippen molar-refractivity contribution in [1.29, 1.82) is 0 Å². The number of carbonyl (C=O) groups excluding carboxylic acids is 2. The molecule has 0 fully saturated rings. The van der Waals surface area contributed by atoms with Crippen LogP contribution in [-0.4, -0.2) is 42.2 Å². The molecular formula is C23H28Cl2N2O3S. The first-order valence-corrected chi connectivity index (χ1v) is 12.0. The number of methoxy groups -OCH3 is 1. The van der Waals surface area contributed by atoms with Gasteiger partial charge in [-0.05, 0) is 48.7 Å². The topological polar surface area (TPSA) is 58.6 Å². The summed E-state index contributed by atoms with van der Waals surface area (Å²) in [6, 6.07) is 12.2. The lowest BCUT2D eigenvalue weighted by Crippen LogP contribution is -2.48. The molecule has 0 heterocycles. The number of nitrogens with one attached hydrogen (secondary N) is 1. The van der Waals surface area contributed by atoms with Crippen LogP contribution in [0.2, 0.25) is 10.0 Å². The number of amides is 2. The van der Waals surface area contributed by atoms with Crippen molar-refractivity contribution in [2.24, 2.45) is 0 Å². The van der Waals surface area contributed by atoms with Gasteiger partial charge >= 0.3 is 0 Å². The molecule has 0 radical (unpaired) electrons. The van der Waals surface area contributed by atoms with Crippen molar-refractivity contribution in [3.8, 4) is 5.75 Å². The van der Waals surface area contributed by atoms with Gasteiger partial charge in [-0.1, -0.05) is 48.3 Å². The van der Waals surface area contributed by atoms with Crippen molar-refractivity contribution < 1.29 is 14.3 Å². The standard InChI is InChI=1S/C23H28Cl2N2O3S/c1-4-10-26-23(29)16(2)27(13-17-6-5-7-20(11-17)30-3)22(28)15-31-14-18-8-9-19(24)12-21(18)25/h5-9,11-12,16H,4,10,13-15H2,1-3H3,(H,26,29)/t16-/m1/s1. The minimum atomic E-state index is -0.593. The van der Waals surface area contributed by atoms with Crippen LogP contribution in [-0.2, 0) is 21.9 Å². The molecule has 0 aliphatic heterocycles. The summed E-state index contributed by atoms with van der Waals surface area (Å²) in [6.45, 7) is 4.64. The number of halogens is 2. The van der Waals surface area contributed by atoms with Gasteiger partial charge in [0.1, 0.15) is 11.8 Å². The highest BCUT2D eigenvalue weighted by atomic mass is 35.5. The second-order valence-electron chi connectivity index (χ2n) is 7.07. The molecule has 2 rings (SSSR count). The maximum absolute atomic E-state index is 13.1. The predicted molar refractivity (Wildman–Crippen MR) is 129 cm³/mol. The van der Waals surface area contributed by atoms with Gasteiger partial charge in [0.2, 0.25) is 11.8 Å². The lowest BCUT2D eigenvalue weighted by Gasteiger charge is -2.29. The summed E-state index contributed by atoms with van der Waals surface area (Å²) in [5, 5.41) is 4.03. The molecule has 0 unspecified atom stereocenters. The highest BCUT2D eigenvalue weighted by Gasteiger charge is 2.26. The minimum Gasteiger partial charge on any atom is -0.497 e. The third-order valence-corrected chi connectivity index (χ3v) is 6.25. The molecule has 5 nitrogen and oxygen atoms in total. The molecule has 2 aromatic carbocycles. The normalized spacial score (nSPS) is 11.6. The van der Waals surface area contributed by atoms with E-state index in [0.29, 0.717) is 34.6 Å². The van der Waals surface area contributed by atoms with E-state index >= 15 is 0 Å². The predicted octanol–water partition coefficient (Wildman–Crippen LogP) is 5.18. The van der Waals surface area contributed by atoms with Crippen molar-refractivity contribution in [1.82, 2.24) is 10.2 Å². The molecule has 0 aliphatic carbocycles. The van der Waals surface area contributed by atoms with E-state index in [4.69, 9.17) is 27.9 Å². The summed E-state index contributed by atoms with van der Waals surface area (Å²) < 4.78 is 5.28. The van der Waals surface area contributed by atoms with Crippen molar-refractivity contribution in [3.63, 3.8) is 0 Å². The number of carbonyl (C=O) groups is 2. The van der Waals surface area contributed by atoms with Gasteiger partial charge < -0.3 is 15.0 Å². The number of thioether (sulfide) groups is 1. The molecule has 2 aromatic rings. The van der Waals surface area contributed by atoms with Gasteiger partial charge in [-0.15, -0.1) is 11.8 Å². The van der Waals surface area contributed by atoms with Gasteiger partial charge in [0, 0.05) is 28.9 Å². The first kappa shape index (κ1) is 25.4. The van der Waals surface area contributed by atoms with Crippen LogP contribution in [0.3, 0.4) is 0 Å². The first-order chi connectivity index (χ1) is 14.8. The van der Waals surface area contributed by atoms with E-state index in [0.717, 1.165) is 17.5 Å². The summed E-state index contributed by atoms with van der Waals surface area (Å²) in [6.07, 6.45) is 0.833. The smallest absolute Gasteiger partial charge is 0.242 e. The van der Waals surface area contributed by atoms with E-state index in [2.05, 4.69) is 5.32 Å². The highest BCUT2D eigenvalue weighted by Crippen LogP contribution is 2.25. The Labute approximate surface area is 198 Å². The molecule has 8 heteroatoms. The number of hydrogen-bond donors (Lipinski definition) is 1. The molecule has 0 aromatic heterocycles. The van der Waals surface area contributed by atoms with Crippen LogP contribution in [0.15, 0.2) is 42.5 Å². The monoisotopic (exact) mass is 482 g/mol. The van der Waals surface area contributed by atoms with Gasteiger partial charge in [0.05, 0.1) is 12.9 Å². The summed E-state index contributed by atoms with van der Waals surface area (Å²) in [7, 11) is 1.60. The molecule has 1 atom stereocenters. The third kappa shape index (κ3) is 7.95. The minimum absolute atomic E-state index is 0.114. The Bertz CT molecular complexity index is 895. The van der Waals surface area contributed by atoms with E-state index in [1.807, 2.05) is 37.3 Å². The number of ether oxygens (including phenoxy) is 1. The first-order valence-electron chi connectivity index (χ1n) is 10.1. The fraction of sp³-hybridized carbons (Fsp3) is 0.391. The SMILES string of the molecule is CCCNC(=O)[C@@H](C)N(Cc1cccc(OC)c1)C(=O)CSCc1ccc(Cl)cc1Cl. The Balaban J connectivity index is 2.09. The van der Waals surface area contributed by atoms with E-state index in [1.165, 1.54) is 11.8 Å². The zero-order valence-corrected chi connectivity index (χ0v) is 20.3. The summed E-state index contributed by atoms with van der Waals surface area (Å²) >= 11 is 13.6. The average molecular weight is 483 g/mol. The molecular weight excluding hydrogens is 455 g/mol. The Morgan fingerprint density at radius 3 is 2.65 bits per heavy atom. The molecule has 0 bridgehead atoms. The van der Waals surface area contributed by atoms with Crippen LogP contribution < -0.4 is 10.1 Å². The summed E-state index contributed by atoms with van der Waals surface area (Å²) in [5.74, 6) is 1.24. The Morgan fingerprint density at radius 1 is 1.19 bits per heavy atom. The average Bonchev–Trinajstić information content (AvgIpc) is 2.76. The van der Waals surface area contributed by atoms with Crippen LogP contribution in [0.25, 0.3) is 0 Å². The number of rotatable bonds is 11. The maximum atomic E-state index is 13.1. The quantitative estimate of drug-likeness (QED) is 0.479. The molecule has 31 heavy (non-hydrogen) atoms. The molecule has 0 aliphatic rings. The molecule has 0 saturated heterocycles. The molecule has 1 N–H and O–H groups in total. The second-order valence-corrected chi connectivity index (χ2v) is 8.90. The van der Waals surface area contributed by atoms with Crippen LogP contribution in [0.1, 0.15) is 31.4 Å². The zero-order valence-electron chi connectivity index (χ0n) is 18.0. The second kappa shape index (κ2) is 12.8. The van der Waals surface area contributed by atoms with Gasteiger partial charge in [0.25, 0.3) is 0 Å². The van der Waals surface area contributed by atoms with Crippen molar-refractivity contribution in [2.45, 2.75) is 38.6 Å². The van der Waals surface area contributed by atoms with Crippen LogP contribution in [0.4, 0.5) is 0 Å². The highest BCUT2D eigenvalue weighted by molar-refractivity contribution is 7.99. The third-order valence-electron chi connectivity index (χ3n) is 4.70. The Morgan fingerprint density at radius 2 is 1.97 bits per heavy atom. The maximum Gasteiger partial charge on any atom is 0.242 e. The largest absolute Gasteiger partial charge is 0.497 e. The lowest BCUT2D eigenvalue weighted by molar-refractivity contribution is -0.138. The molecule has 168 valence electrons. The van der Waals surface area contributed by atoms with Crippen molar-refractivity contribution >= 4 is 46.8 Å². The zero-order chi connectivity index (χ0) is 22.8. The lowest BCUT2D eigenvalue weighted by atomic mass is 10.1. The van der Waals surface area contributed by atoms with E-state index < -0.39 is 6.04 Å². The van der Waals surface area contributed by atoms with E-state index in [-0.39, 0.29) is 17.6 Å². The Hall–Kier alpha value is -1.89. The number of benzene rings is 2. The Kier molecular flexibility index (Phi) is 10.5. The molecule has 2 amide bonds. The van der Waals surface area contributed by atoms with E-state index in [9.17, 15) is 9.59 Å². The summed E-state index contributed by atoms with van der Waals surface area (Å²) in [4.78, 5) is 27.3. The van der Waals surface area contributed by atoms with Crippen LogP contribution in [0.5, 0.6) is 5.75 Å². The van der Waals surface area contributed by atoms with Crippen LogP contribution in [0, 0.1) is 0 Å². The number of nitrogens with zero attached hydrogens (tertiary/aromatic N) is 1. The fourth-order valence-electron chi connectivity index (χ4n) is 2.92. The molecule has 0 spiro atoms. The van der Waals surface area contributed by atoms with Gasteiger partial charge in [0.15, 0.2) is 0 Å². The molecule has 0 saturated carbocycles. The van der Waals surface area contributed by atoms with Crippen molar-refractivity contribution in [2.75, 3.05) is 19.4 Å². The van der Waals surface area contributed by atoms with Gasteiger partial charge in [-0.25, -0.2) is 0 Å². The fourth-order valence-corrected chi connectivity index (χ4v) is 4.38. The number of hydrogen-bond acceptors (Lipinski definition) is 4. The van der Waals surface area contributed by atoms with Gasteiger partial charge in [-0.2, -0.15) is 0 Å². The van der Waals surface area contributed by atoms with E-state index in [1.54, 1.807) is 31.1 Å². The van der Waals surface area contributed by atoms with Crippen molar-refractivity contribution in [3.05, 3.63) is 63.6 Å². The van der Waals surface area contributed by atoms with Crippen LogP contribution >= 0.6 is 35.0 Å². The van der Waals surface area contributed by atoms with Gasteiger partial charge in [-0.3, -0.25) is 9.59 Å². The summed E-state index contributed by atoms with van der Waals surface area (Å²) in [5.41, 5.74) is 1.81.